The Hall–Kier alpha value is -1.96. The smallest absolute Gasteiger partial charge is 0.191 e. The number of hydrogen-bond acceptors (Lipinski definition) is 4. The molecule has 1 aromatic heterocycles. The van der Waals surface area contributed by atoms with Crippen molar-refractivity contribution in [1.29, 1.82) is 0 Å². The van der Waals surface area contributed by atoms with E-state index < -0.39 is 0 Å². The summed E-state index contributed by atoms with van der Waals surface area (Å²) in [5, 5.41) is 9.06. The summed E-state index contributed by atoms with van der Waals surface area (Å²) in [5.74, 6) is 1.17. The second-order valence-corrected chi connectivity index (χ2v) is 9.29. The first-order chi connectivity index (χ1) is 14.5. The first-order valence-electron chi connectivity index (χ1n) is 10.6. The van der Waals surface area contributed by atoms with Crippen molar-refractivity contribution in [3.05, 3.63) is 57.5 Å². The molecular weight excluding hydrogens is 397 g/mol. The molecule has 0 radical (unpaired) electrons. The summed E-state index contributed by atoms with van der Waals surface area (Å²) in [6.07, 6.45) is 2.43. The average molecular weight is 432 g/mol. The number of thiophene rings is 1. The average Bonchev–Trinajstić information content (AvgIpc) is 3.24. The van der Waals surface area contributed by atoms with Gasteiger partial charge >= 0.3 is 0 Å². The highest BCUT2D eigenvalue weighted by molar-refractivity contribution is 7.10. The van der Waals surface area contributed by atoms with Crippen molar-refractivity contribution < 1.29 is 4.39 Å². The number of nitrogens with zero attached hydrogens (tertiary/aromatic N) is 3. The summed E-state index contributed by atoms with van der Waals surface area (Å²) in [6, 6.07) is 10.2. The fourth-order valence-electron chi connectivity index (χ4n) is 4.22. The second-order valence-electron chi connectivity index (χ2n) is 8.31. The van der Waals surface area contributed by atoms with Crippen molar-refractivity contribution >= 4 is 17.3 Å². The lowest BCUT2D eigenvalue weighted by molar-refractivity contribution is 0.125. The van der Waals surface area contributed by atoms with Gasteiger partial charge in [0.2, 0.25) is 0 Å². The van der Waals surface area contributed by atoms with Crippen molar-refractivity contribution in [2.24, 2.45) is 10.9 Å². The Morgan fingerprint density at radius 2 is 2.13 bits per heavy atom. The molecule has 2 unspecified atom stereocenters. The van der Waals surface area contributed by atoms with E-state index in [0.717, 1.165) is 24.6 Å². The van der Waals surface area contributed by atoms with E-state index in [0.29, 0.717) is 30.6 Å². The molecule has 1 saturated heterocycles. The minimum Gasteiger partial charge on any atom is -0.356 e. The van der Waals surface area contributed by atoms with Crippen LogP contribution in [-0.2, 0) is 13.1 Å². The van der Waals surface area contributed by atoms with Gasteiger partial charge in [0.05, 0.1) is 0 Å². The first kappa shape index (κ1) is 22.7. The summed E-state index contributed by atoms with van der Waals surface area (Å²) < 4.78 is 14.0. The molecular formula is C23H34FN5S. The molecule has 0 aliphatic carbocycles. The van der Waals surface area contributed by atoms with Crippen LogP contribution in [0.3, 0.4) is 0 Å². The quantitative estimate of drug-likeness (QED) is 0.518. The fraction of sp³-hybridized carbons (Fsp3) is 0.522. The largest absolute Gasteiger partial charge is 0.356 e. The standard InChI is InChI=1S/C23H34FN5S/c1-25-23(26-14-17-9-10-20(24)19(13-17)16-28(2)3)27-15-18-7-5-11-29(4)22(18)21-8-6-12-30-21/h6,8-10,12-13,18,22H,5,7,11,14-16H2,1-4H3,(H2,25,26,27). The summed E-state index contributed by atoms with van der Waals surface area (Å²) >= 11 is 1.84. The van der Waals surface area contributed by atoms with E-state index in [4.69, 9.17) is 0 Å². The van der Waals surface area contributed by atoms with Gasteiger partial charge in [-0.3, -0.25) is 9.89 Å². The Morgan fingerprint density at radius 1 is 1.30 bits per heavy atom. The number of piperidine rings is 1. The topological polar surface area (TPSA) is 42.9 Å². The third-order valence-corrected chi connectivity index (χ3v) is 6.60. The number of benzene rings is 1. The maximum atomic E-state index is 14.0. The van der Waals surface area contributed by atoms with E-state index >= 15 is 0 Å². The van der Waals surface area contributed by atoms with Gasteiger partial charge < -0.3 is 15.5 Å². The van der Waals surface area contributed by atoms with E-state index in [2.05, 4.69) is 45.1 Å². The number of halogens is 1. The van der Waals surface area contributed by atoms with Crippen LogP contribution < -0.4 is 10.6 Å². The predicted molar refractivity (Wildman–Crippen MR) is 124 cm³/mol. The number of aliphatic imine (C=N–C) groups is 1. The number of nitrogens with one attached hydrogen (secondary N) is 2. The Labute approximate surface area is 184 Å². The molecule has 5 nitrogen and oxygen atoms in total. The van der Waals surface area contributed by atoms with Crippen LogP contribution >= 0.6 is 11.3 Å². The zero-order chi connectivity index (χ0) is 21.5. The Morgan fingerprint density at radius 3 is 2.83 bits per heavy atom. The molecule has 164 valence electrons. The molecule has 0 spiro atoms. The van der Waals surface area contributed by atoms with Crippen molar-refractivity contribution in [2.75, 3.05) is 41.3 Å². The van der Waals surface area contributed by atoms with Crippen molar-refractivity contribution in [1.82, 2.24) is 20.4 Å². The normalized spacial score (nSPS) is 20.5. The third-order valence-electron chi connectivity index (χ3n) is 5.65. The van der Waals surface area contributed by atoms with Crippen LogP contribution in [0.2, 0.25) is 0 Å². The Bertz CT molecular complexity index is 821. The van der Waals surface area contributed by atoms with Gasteiger partial charge in [-0.2, -0.15) is 0 Å². The van der Waals surface area contributed by atoms with E-state index in [9.17, 15) is 4.39 Å². The van der Waals surface area contributed by atoms with Crippen LogP contribution in [-0.4, -0.2) is 57.0 Å². The number of hydrogen-bond donors (Lipinski definition) is 2. The molecule has 1 aliphatic heterocycles. The van der Waals surface area contributed by atoms with Gasteiger partial charge in [-0.1, -0.05) is 12.1 Å². The Balaban J connectivity index is 1.57. The molecule has 7 heteroatoms. The van der Waals surface area contributed by atoms with Crippen molar-refractivity contribution in [3.8, 4) is 0 Å². The lowest BCUT2D eigenvalue weighted by atomic mass is 9.88. The zero-order valence-corrected chi connectivity index (χ0v) is 19.3. The summed E-state index contributed by atoms with van der Waals surface area (Å²) in [6.45, 7) is 3.22. The molecule has 2 aromatic rings. The zero-order valence-electron chi connectivity index (χ0n) is 18.5. The highest BCUT2D eigenvalue weighted by Crippen LogP contribution is 2.36. The van der Waals surface area contributed by atoms with E-state index in [1.807, 2.05) is 42.5 Å². The van der Waals surface area contributed by atoms with Crippen LogP contribution in [0.4, 0.5) is 4.39 Å². The molecule has 2 atom stereocenters. The third kappa shape index (κ3) is 6.03. The molecule has 3 rings (SSSR count). The van der Waals surface area contributed by atoms with Crippen molar-refractivity contribution in [2.45, 2.75) is 32.0 Å². The van der Waals surface area contributed by atoms with Gasteiger partial charge in [0, 0.05) is 43.2 Å². The van der Waals surface area contributed by atoms with Gasteiger partial charge in [-0.05, 0) is 75.6 Å². The van der Waals surface area contributed by atoms with Gasteiger partial charge in [-0.15, -0.1) is 11.3 Å². The highest BCUT2D eigenvalue weighted by Gasteiger charge is 2.31. The van der Waals surface area contributed by atoms with Crippen LogP contribution in [0.15, 0.2) is 40.7 Å². The Kier molecular flexibility index (Phi) is 8.24. The molecule has 2 N–H and O–H groups in total. The minimum atomic E-state index is -0.156. The summed E-state index contributed by atoms with van der Waals surface area (Å²) in [7, 11) is 7.91. The van der Waals surface area contributed by atoms with Gasteiger partial charge in [-0.25, -0.2) is 4.39 Å². The molecule has 0 amide bonds. The molecule has 2 heterocycles. The van der Waals surface area contributed by atoms with Gasteiger partial charge in [0.1, 0.15) is 5.82 Å². The summed E-state index contributed by atoms with van der Waals surface area (Å²) in [4.78, 5) is 10.3. The SMILES string of the molecule is CN=C(NCc1ccc(F)c(CN(C)C)c1)NCC1CCCN(C)C1c1cccs1. The number of rotatable bonds is 7. The molecule has 1 aromatic carbocycles. The van der Waals surface area contributed by atoms with E-state index in [1.165, 1.54) is 17.7 Å². The highest BCUT2D eigenvalue weighted by atomic mass is 32.1. The van der Waals surface area contributed by atoms with E-state index in [1.54, 1.807) is 13.1 Å². The van der Waals surface area contributed by atoms with Crippen LogP contribution in [0.1, 0.15) is 34.9 Å². The molecule has 1 aliphatic rings. The minimum absolute atomic E-state index is 0.156. The maximum absolute atomic E-state index is 14.0. The molecule has 1 fully saturated rings. The monoisotopic (exact) mass is 431 g/mol. The van der Waals surface area contributed by atoms with Gasteiger partial charge in [0.25, 0.3) is 0 Å². The van der Waals surface area contributed by atoms with Crippen LogP contribution in [0.5, 0.6) is 0 Å². The van der Waals surface area contributed by atoms with Gasteiger partial charge in [0.15, 0.2) is 5.96 Å². The predicted octanol–water partition coefficient (Wildman–Crippen LogP) is 3.70. The fourth-order valence-corrected chi connectivity index (χ4v) is 5.20. The lowest BCUT2D eigenvalue weighted by Gasteiger charge is -2.39. The summed E-state index contributed by atoms with van der Waals surface area (Å²) in [5.41, 5.74) is 1.76. The second kappa shape index (κ2) is 10.9. The number of likely N-dealkylation sites (tertiary alicyclic amines) is 1. The van der Waals surface area contributed by atoms with Crippen LogP contribution in [0.25, 0.3) is 0 Å². The van der Waals surface area contributed by atoms with E-state index in [-0.39, 0.29) is 5.82 Å². The molecule has 0 saturated carbocycles. The molecule has 0 bridgehead atoms. The van der Waals surface area contributed by atoms with Crippen molar-refractivity contribution in [3.63, 3.8) is 0 Å². The maximum Gasteiger partial charge on any atom is 0.191 e. The molecule has 30 heavy (non-hydrogen) atoms. The first-order valence-corrected chi connectivity index (χ1v) is 11.5. The van der Waals surface area contributed by atoms with Crippen LogP contribution in [0, 0.1) is 11.7 Å². The number of guanidine groups is 1. The lowest BCUT2D eigenvalue weighted by Crippen LogP contribution is -2.44.